The summed E-state index contributed by atoms with van der Waals surface area (Å²) in [7, 11) is 0. The summed E-state index contributed by atoms with van der Waals surface area (Å²) in [5.74, 6) is -0.216. The highest BCUT2D eigenvalue weighted by Crippen LogP contribution is 2.32. The van der Waals surface area contributed by atoms with Crippen molar-refractivity contribution in [3.63, 3.8) is 0 Å². The minimum Gasteiger partial charge on any atom is -0.488 e. The van der Waals surface area contributed by atoms with Crippen molar-refractivity contribution in [3.05, 3.63) is 21.9 Å². The Morgan fingerprint density at radius 2 is 2.50 bits per heavy atom. The van der Waals surface area contributed by atoms with Gasteiger partial charge in [-0.05, 0) is 12.2 Å². The molecule has 0 saturated carbocycles. The van der Waals surface area contributed by atoms with Crippen LogP contribution >= 0.6 is 11.3 Å². The van der Waals surface area contributed by atoms with E-state index in [1.54, 1.807) is 6.07 Å². The van der Waals surface area contributed by atoms with E-state index < -0.39 is 5.97 Å². The van der Waals surface area contributed by atoms with Gasteiger partial charge in [0.05, 0.1) is 4.88 Å². The van der Waals surface area contributed by atoms with Gasteiger partial charge in [-0.25, -0.2) is 4.79 Å². The first-order valence-corrected chi connectivity index (χ1v) is 4.25. The van der Waals surface area contributed by atoms with E-state index in [2.05, 4.69) is 0 Å². The first kappa shape index (κ1) is 7.36. The summed E-state index contributed by atoms with van der Waals surface area (Å²) in [4.78, 5) is 11.8. The third-order valence-corrected chi connectivity index (χ3v) is 2.61. The van der Waals surface area contributed by atoms with Crippen LogP contribution in [0.2, 0.25) is 0 Å². The monoisotopic (exact) mass is 182 g/mol. The molecular formula is C8H6O3S. The van der Waals surface area contributed by atoms with Gasteiger partial charge in [-0.1, -0.05) is 0 Å². The lowest BCUT2D eigenvalue weighted by molar-refractivity contribution is 0.0702. The highest BCUT2D eigenvalue weighted by Gasteiger charge is 2.14. The Bertz CT molecular complexity index is 351. The van der Waals surface area contributed by atoms with E-state index in [1.165, 1.54) is 11.3 Å². The van der Waals surface area contributed by atoms with Gasteiger partial charge in [-0.3, -0.25) is 0 Å². The van der Waals surface area contributed by atoms with Crippen LogP contribution in [0.3, 0.4) is 0 Å². The van der Waals surface area contributed by atoms with Crippen molar-refractivity contribution < 1.29 is 14.6 Å². The molecule has 0 unspecified atom stereocenters. The van der Waals surface area contributed by atoms with E-state index in [0.717, 1.165) is 4.88 Å². The van der Waals surface area contributed by atoms with Crippen LogP contribution in [0.5, 0.6) is 5.75 Å². The molecule has 0 saturated heterocycles. The fraction of sp³-hybridized carbons (Fsp3) is 0.125. The van der Waals surface area contributed by atoms with E-state index in [4.69, 9.17) is 9.84 Å². The number of aromatic carboxylic acids is 1. The summed E-state index contributed by atoms with van der Waals surface area (Å²) < 4.78 is 5.21. The molecule has 12 heavy (non-hydrogen) atoms. The zero-order chi connectivity index (χ0) is 8.55. The van der Waals surface area contributed by atoms with Gasteiger partial charge in [0, 0.05) is 6.07 Å². The molecule has 1 N–H and O–H groups in total. The number of carboxylic acids is 1. The number of rotatable bonds is 1. The topological polar surface area (TPSA) is 46.5 Å². The Hall–Kier alpha value is -1.29. The van der Waals surface area contributed by atoms with Gasteiger partial charge >= 0.3 is 5.97 Å². The van der Waals surface area contributed by atoms with Crippen molar-refractivity contribution in [1.29, 1.82) is 0 Å². The van der Waals surface area contributed by atoms with Gasteiger partial charge in [0.1, 0.15) is 17.2 Å². The molecule has 0 bridgehead atoms. The summed E-state index contributed by atoms with van der Waals surface area (Å²) >= 11 is 1.23. The molecule has 0 radical (unpaired) electrons. The predicted octanol–water partition coefficient (Wildman–Crippen LogP) is 1.85. The Labute approximate surface area is 72.9 Å². The Morgan fingerprint density at radius 1 is 1.67 bits per heavy atom. The third kappa shape index (κ3) is 1.10. The first-order valence-electron chi connectivity index (χ1n) is 3.44. The molecule has 0 atom stereocenters. The number of ether oxygens (including phenoxy) is 1. The van der Waals surface area contributed by atoms with Gasteiger partial charge in [0.25, 0.3) is 0 Å². The molecule has 4 heteroatoms. The van der Waals surface area contributed by atoms with Crippen LogP contribution in [0.15, 0.2) is 12.1 Å². The lowest BCUT2D eigenvalue weighted by atomic mass is 10.3. The zero-order valence-corrected chi connectivity index (χ0v) is 6.93. The molecule has 62 valence electrons. The van der Waals surface area contributed by atoms with Crippen LogP contribution in [0.1, 0.15) is 14.5 Å². The molecule has 2 rings (SSSR count). The molecule has 0 fully saturated rings. The van der Waals surface area contributed by atoms with Crippen molar-refractivity contribution in [3.8, 4) is 5.75 Å². The molecular weight excluding hydrogens is 176 g/mol. The fourth-order valence-corrected chi connectivity index (χ4v) is 1.89. The summed E-state index contributed by atoms with van der Waals surface area (Å²) in [6, 6.07) is 1.56. The van der Waals surface area contributed by atoms with Crippen molar-refractivity contribution in [1.82, 2.24) is 0 Å². The van der Waals surface area contributed by atoms with E-state index in [0.29, 0.717) is 17.2 Å². The molecule has 1 aliphatic rings. The van der Waals surface area contributed by atoms with Gasteiger partial charge < -0.3 is 9.84 Å². The SMILES string of the molecule is O=C(O)c1cc2c(s1)C=CCO2. The lowest BCUT2D eigenvalue weighted by Crippen LogP contribution is -1.96. The van der Waals surface area contributed by atoms with Crippen LogP contribution in [-0.4, -0.2) is 17.7 Å². The molecule has 1 aromatic heterocycles. The second-order valence-corrected chi connectivity index (χ2v) is 3.44. The first-order chi connectivity index (χ1) is 5.77. The minimum atomic E-state index is -0.897. The summed E-state index contributed by atoms with van der Waals surface area (Å²) in [6.07, 6.45) is 3.75. The van der Waals surface area contributed by atoms with E-state index in [1.807, 2.05) is 12.2 Å². The van der Waals surface area contributed by atoms with Crippen LogP contribution in [0.4, 0.5) is 0 Å². The maximum Gasteiger partial charge on any atom is 0.346 e. The summed E-state index contributed by atoms with van der Waals surface area (Å²) in [6.45, 7) is 0.531. The summed E-state index contributed by atoms with van der Waals surface area (Å²) in [5, 5.41) is 8.66. The highest BCUT2D eigenvalue weighted by molar-refractivity contribution is 7.15. The van der Waals surface area contributed by atoms with Gasteiger partial charge in [0.2, 0.25) is 0 Å². The van der Waals surface area contributed by atoms with Crippen LogP contribution in [-0.2, 0) is 0 Å². The van der Waals surface area contributed by atoms with Crippen molar-refractivity contribution in [2.24, 2.45) is 0 Å². The number of hydrogen-bond acceptors (Lipinski definition) is 3. The van der Waals surface area contributed by atoms with Gasteiger partial charge in [-0.15, -0.1) is 11.3 Å². The van der Waals surface area contributed by atoms with E-state index in [-0.39, 0.29) is 0 Å². The molecule has 0 aromatic carbocycles. The minimum absolute atomic E-state index is 0.326. The van der Waals surface area contributed by atoms with Gasteiger partial charge in [-0.2, -0.15) is 0 Å². The highest BCUT2D eigenvalue weighted by atomic mass is 32.1. The van der Waals surface area contributed by atoms with Crippen molar-refractivity contribution >= 4 is 23.4 Å². The van der Waals surface area contributed by atoms with Crippen LogP contribution in [0, 0.1) is 0 Å². The Balaban J connectivity index is 2.46. The van der Waals surface area contributed by atoms with E-state index in [9.17, 15) is 4.79 Å². The quantitative estimate of drug-likeness (QED) is 0.721. The maximum atomic E-state index is 10.5. The molecule has 0 spiro atoms. The number of carbonyl (C=O) groups is 1. The molecule has 3 nitrogen and oxygen atoms in total. The second-order valence-electron chi connectivity index (χ2n) is 2.36. The Kier molecular flexibility index (Phi) is 1.62. The number of fused-ring (bicyclic) bond motifs is 1. The molecule has 2 heterocycles. The smallest absolute Gasteiger partial charge is 0.346 e. The zero-order valence-electron chi connectivity index (χ0n) is 6.11. The molecule has 1 aliphatic heterocycles. The van der Waals surface area contributed by atoms with Crippen LogP contribution in [0.25, 0.3) is 6.08 Å². The third-order valence-electron chi connectivity index (χ3n) is 1.54. The molecule has 0 aliphatic carbocycles. The maximum absolute atomic E-state index is 10.5. The molecule has 0 amide bonds. The standard InChI is InChI=1S/C8H6O3S/c9-8(10)7-4-5-6(12-7)2-1-3-11-5/h1-2,4H,3H2,(H,9,10). The predicted molar refractivity (Wildman–Crippen MR) is 45.8 cm³/mol. The van der Waals surface area contributed by atoms with Crippen molar-refractivity contribution in [2.75, 3.05) is 6.61 Å². The summed E-state index contributed by atoms with van der Waals surface area (Å²) in [5.41, 5.74) is 0. The van der Waals surface area contributed by atoms with Crippen LogP contribution < -0.4 is 4.74 Å². The second kappa shape index (κ2) is 2.64. The number of hydrogen-bond donors (Lipinski definition) is 1. The lowest BCUT2D eigenvalue weighted by Gasteiger charge is -2.05. The largest absolute Gasteiger partial charge is 0.488 e. The van der Waals surface area contributed by atoms with Gasteiger partial charge in [0.15, 0.2) is 0 Å². The average Bonchev–Trinajstić information content (AvgIpc) is 2.46. The molecule has 1 aromatic rings. The van der Waals surface area contributed by atoms with Crippen molar-refractivity contribution in [2.45, 2.75) is 0 Å². The normalized spacial score (nSPS) is 13.7. The van der Waals surface area contributed by atoms with E-state index >= 15 is 0 Å². The Morgan fingerprint density at radius 3 is 3.17 bits per heavy atom. The fourth-order valence-electron chi connectivity index (χ4n) is 1.02. The number of carboxylic acid groups (broad SMARTS) is 1. The average molecular weight is 182 g/mol. The number of thiophene rings is 1.